The van der Waals surface area contributed by atoms with Crippen molar-refractivity contribution in [3.63, 3.8) is 0 Å². The molecule has 3 heteroatoms. The van der Waals surface area contributed by atoms with E-state index in [2.05, 4.69) is 13.8 Å². The molecule has 0 fully saturated rings. The molecule has 0 aromatic heterocycles. The maximum Gasteiger partial charge on any atom is -0.147 e. The van der Waals surface area contributed by atoms with Crippen LogP contribution in [-0.2, 0) is 0 Å². The van der Waals surface area contributed by atoms with Gasteiger partial charge in [-0.25, -0.2) is 0 Å². The van der Waals surface area contributed by atoms with Gasteiger partial charge in [-0.15, -0.1) is 12.4 Å². The minimum absolute atomic E-state index is 0. The Morgan fingerprint density at radius 2 is 1.27 bits per heavy atom. The van der Waals surface area contributed by atoms with Crippen LogP contribution in [0.1, 0.15) is 39.5 Å². The Hall–Kier alpha value is 1.05. The summed E-state index contributed by atoms with van der Waals surface area (Å²) in [7, 11) is 0. The van der Waals surface area contributed by atoms with E-state index in [1.54, 1.807) is 8.87 Å². The number of rotatable bonds is 6. The molecule has 0 rings (SSSR count). The maximum atomic E-state index is 2.29. The van der Waals surface area contributed by atoms with Gasteiger partial charge in [0.1, 0.15) is 0 Å². The number of halogens is 1. The molecule has 0 unspecified atom stereocenters. The number of unbranched alkanes of at least 4 members (excludes halogenated alkanes) is 2. The molecule has 0 saturated heterocycles. The van der Waals surface area contributed by atoms with Gasteiger partial charge >= 0.3 is 69.5 Å². The summed E-state index contributed by atoms with van der Waals surface area (Å²) in [5.41, 5.74) is 0. The fourth-order valence-electron chi connectivity index (χ4n) is 0.729. The van der Waals surface area contributed by atoms with Crippen LogP contribution in [0.25, 0.3) is 0 Å². The van der Waals surface area contributed by atoms with Crippen LogP contribution < -0.4 is 0 Å². The first-order valence-corrected chi connectivity index (χ1v) is 8.16. The summed E-state index contributed by atoms with van der Waals surface area (Å²) in [6, 6.07) is 0. The van der Waals surface area contributed by atoms with Crippen molar-refractivity contribution >= 4 is 33.5 Å². The fraction of sp³-hybridized carbons (Fsp3) is 1.00. The zero-order valence-corrected chi connectivity index (χ0v) is 11.3. The van der Waals surface area contributed by atoms with Gasteiger partial charge in [-0.3, -0.25) is 0 Å². The minimum atomic E-state index is 0. The van der Waals surface area contributed by atoms with Gasteiger partial charge in [0.15, 0.2) is 0 Å². The summed E-state index contributed by atoms with van der Waals surface area (Å²) in [6.45, 7) is 4.58. The van der Waals surface area contributed by atoms with Crippen molar-refractivity contribution in [1.82, 2.24) is 0 Å². The Kier molecular flexibility index (Phi) is 28.1. The third kappa shape index (κ3) is 18.2. The van der Waals surface area contributed by atoms with Gasteiger partial charge < -0.3 is 5.48 Å². The first kappa shape index (κ1) is 18.0. The molecule has 0 atom stereocenters. The standard InChI is InChI=1S/2C4H9.ClH.H2O.Sn/c2*1-3-4-2;;;/h2*1,3-4H2,2H3;1H;1H2;. The summed E-state index contributed by atoms with van der Waals surface area (Å²) in [5, 5.41) is 0. The van der Waals surface area contributed by atoms with Crippen LogP contribution in [0.2, 0.25) is 8.87 Å². The summed E-state index contributed by atoms with van der Waals surface area (Å²) in [4.78, 5) is 0. The molecule has 0 aliphatic heterocycles. The van der Waals surface area contributed by atoms with Crippen molar-refractivity contribution in [3.05, 3.63) is 0 Å². The predicted molar refractivity (Wildman–Crippen MR) is 56.0 cm³/mol. The summed E-state index contributed by atoms with van der Waals surface area (Å²) < 4.78 is 3.25. The van der Waals surface area contributed by atoms with Crippen molar-refractivity contribution in [3.8, 4) is 0 Å². The number of hydrogen-bond donors (Lipinski definition) is 0. The van der Waals surface area contributed by atoms with Gasteiger partial charge in [0.2, 0.25) is 0 Å². The molecule has 70 valence electrons. The second-order valence-electron chi connectivity index (χ2n) is 2.46. The SMILES string of the molecule is CCC[CH2][Sn][CH2]CCC.Cl.O. The van der Waals surface area contributed by atoms with Gasteiger partial charge in [-0.1, -0.05) is 0 Å². The van der Waals surface area contributed by atoms with Crippen molar-refractivity contribution in [1.29, 1.82) is 0 Å². The van der Waals surface area contributed by atoms with E-state index >= 15 is 0 Å². The molecule has 0 aliphatic rings. The van der Waals surface area contributed by atoms with Crippen molar-refractivity contribution < 1.29 is 5.48 Å². The summed E-state index contributed by atoms with van der Waals surface area (Å²) in [5.74, 6) is 0. The molecule has 0 spiro atoms. The van der Waals surface area contributed by atoms with Gasteiger partial charge in [0.05, 0.1) is 0 Å². The second kappa shape index (κ2) is 17.2. The first-order valence-electron chi connectivity index (χ1n) is 4.12. The molecule has 1 nitrogen and oxygen atoms in total. The third-order valence-electron chi connectivity index (χ3n) is 1.41. The van der Waals surface area contributed by atoms with Crippen molar-refractivity contribution in [2.24, 2.45) is 0 Å². The van der Waals surface area contributed by atoms with E-state index in [1.165, 1.54) is 25.7 Å². The molecule has 0 amide bonds. The van der Waals surface area contributed by atoms with Gasteiger partial charge in [-0.2, -0.15) is 0 Å². The minimum Gasteiger partial charge on any atom is -0.412 e. The Morgan fingerprint density at radius 3 is 1.55 bits per heavy atom. The molecular formula is C8H21ClOSn. The largest absolute Gasteiger partial charge is 0.412 e. The van der Waals surface area contributed by atoms with Crippen molar-refractivity contribution in [2.45, 2.75) is 48.4 Å². The summed E-state index contributed by atoms with van der Waals surface area (Å²) >= 11 is 0.149. The molecule has 0 bridgehead atoms. The van der Waals surface area contributed by atoms with E-state index in [1.807, 2.05) is 0 Å². The van der Waals surface area contributed by atoms with Crippen LogP contribution >= 0.6 is 12.4 Å². The van der Waals surface area contributed by atoms with Crippen LogP contribution in [0.3, 0.4) is 0 Å². The fourth-order valence-corrected chi connectivity index (χ4v) is 4.89. The van der Waals surface area contributed by atoms with E-state index in [4.69, 9.17) is 0 Å². The normalized spacial score (nSPS) is 8.18. The first-order chi connectivity index (χ1) is 4.41. The summed E-state index contributed by atoms with van der Waals surface area (Å²) in [6.07, 6.45) is 5.84. The molecule has 11 heavy (non-hydrogen) atoms. The zero-order valence-electron chi connectivity index (χ0n) is 7.65. The quantitative estimate of drug-likeness (QED) is 0.531. The van der Waals surface area contributed by atoms with E-state index in [9.17, 15) is 0 Å². The average molecular weight is 287 g/mol. The van der Waals surface area contributed by atoms with E-state index in [-0.39, 0.29) is 39.0 Å². The molecule has 2 radical (unpaired) electrons. The van der Waals surface area contributed by atoms with Crippen LogP contribution in [0.5, 0.6) is 0 Å². The van der Waals surface area contributed by atoms with Gasteiger partial charge in [0, 0.05) is 0 Å². The number of hydrogen-bond acceptors (Lipinski definition) is 0. The van der Waals surface area contributed by atoms with Crippen LogP contribution in [0, 0.1) is 0 Å². The van der Waals surface area contributed by atoms with Gasteiger partial charge in [0.25, 0.3) is 0 Å². The molecule has 0 saturated carbocycles. The third-order valence-corrected chi connectivity index (χ3v) is 5.45. The Morgan fingerprint density at radius 1 is 0.909 bits per heavy atom. The molecular weight excluding hydrogens is 266 g/mol. The second-order valence-corrected chi connectivity index (χ2v) is 6.74. The molecule has 0 aliphatic carbocycles. The van der Waals surface area contributed by atoms with Crippen LogP contribution in [-0.4, -0.2) is 26.6 Å². The molecule has 2 N–H and O–H groups in total. The van der Waals surface area contributed by atoms with E-state index < -0.39 is 0 Å². The van der Waals surface area contributed by atoms with E-state index in [0.29, 0.717) is 0 Å². The van der Waals surface area contributed by atoms with Crippen molar-refractivity contribution in [2.75, 3.05) is 0 Å². The van der Waals surface area contributed by atoms with Crippen LogP contribution in [0.4, 0.5) is 0 Å². The Balaban J connectivity index is -0.000000320. The average Bonchev–Trinajstić information content (AvgIpc) is 1.89. The predicted octanol–water partition coefficient (Wildman–Crippen LogP) is 2.72. The molecule has 0 aromatic rings. The van der Waals surface area contributed by atoms with E-state index in [0.717, 1.165) is 0 Å². The van der Waals surface area contributed by atoms with Crippen LogP contribution in [0.15, 0.2) is 0 Å². The van der Waals surface area contributed by atoms with Gasteiger partial charge in [-0.05, 0) is 0 Å². The topological polar surface area (TPSA) is 31.5 Å². The Bertz CT molecular complexity index is 47.4. The monoisotopic (exact) mass is 288 g/mol. The molecule has 0 heterocycles. The zero-order chi connectivity index (χ0) is 6.95. The smallest absolute Gasteiger partial charge is 0.147 e. The molecule has 0 aromatic carbocycles. The maximum absolute atomic E-state index is 2.29. The Labute approximate surface area is 87.3 Å².